The van der Waals surface area contributed by atoms with Crippen LogP contribution in [0.15, 0.2) is 72.8 Å². The average Bonchev–Trinajstić information content (AvgIpc) is 2.65. The maximum Gasteiger partial charge on any atom is 0.244 e. The van der Waals surface area contributed by atoms with Crippen molar-refractivity contribution in [1.29, 1.82) is 0 Å². The summed E-state index contributed by atoms with van der Waals surface area (Å²) in [6.07, 6.45) is 3.06. The minimum Gasteiger partial charge on any atom is -0.491 e. The minimum atomic E-state index is -0.299. The molecule has 126 valence electrons. The van der Waals surface area contributed by atoms with Gasteiger partial charge in [-0.25, -0.2) is 4.39 Å². The Morgan fingerprint density at radius 1 is 1.00 bits per heavy atom. The van der Waals surface area contributed by atoms with Crippen molar-refractivity contribution in [3.63, 3.8) is 0 Å². The topological polar surface area (TPSA) is 38.3 Å². The van der Waals surface area contributed by atoms with Gasteiger partial charge in [-0.05, 0) is 35.2 Å². The lowest BCUT2D eigenvalue weighted by atomic mass is 10.1. The lowest BCUT2D eigenvalue weighted by molar-refractivity contribution is -0.116. The molecule has 0 aliphatic carbocycles. The number of hydrogen-bond acceptors (Lipinski definition) is 2. The lowest BCUT2D eigenvalue weighted by Crippen LogP contribution is -2.26. The summed E-state index contributed by atoms with van der Waals surface area (Å²) < 4.78 is 18.6. The molecule has 0 aliphatic rings. The van der Waals surface area contributed by atoms with Gasteiger partial charge in [0.1, 0.15) is 18.2 Å². The van der Waals surface area contributed by atoms with Gasteiger partial charge in [-0.2, -0.15) is 0 Å². The molecule has 0 saturated heterocycles. The zero-order valence-corrected chi connectivity index (χ0v) is 13.6. The normalized spacial score (nSPS) is 10.9. The van der Waals surface area contributed by atoms with E-state index < -0.39 is 0 Å². The van der Waals surface area contributed by atoms with Gasteiger partial charge in [0.2, 0.25) is 5.91 Å². The number of halogens is 1. The molecule has 0 radical (unpaired) electrons. The number of carbonyl (C=O) groups excluding carboxylic acids is 1. The van der Waals surface area contributed by atoms with Crippen molar-refractivity contribution in [2.24, 2.45) is 0 Å². The Labute approximate surface area is 145 Å². The summed E-state index contributed by atoms with van der Waals surface area (Å²) in [6, 6.07) is 19.8. The fourth-order valence-electron chi connectivity index (χ4n) is 2.46. The van der Waals surface area contributed by atoms with Gasteiger partial charge in [0.15, 0.2) is 0 Å². The Hall–Kier alpha value is -3.14. The second kappa shape index (κ2) is 8.11. The van der Waals surface area contributed by atoms with E-state index >= 15 is 0 Å². The second-order valence-corrected chi connectivity index (χ2v) is 5.50. The SMILES string of the molecule is O=C(/C=C/c1ccc(F)cc1)NCCOc1cccc2ccccc12. The van der Waals surface area contributed by atoms with Gasteiger partial charge in [-0.3, -0.25) is 4.79 Å². The summed E-state index contributed by atoms with van der Waals surface area (Å²) in [4.78, 5) is 11.8. The van der Waals surface area contributed by atoms with E-state index in [1.54, 1.807) is 18.2 Å². The van der Waals surface area contributed by atoms with Gasteiger partial charge < -0.3 is 10.1 Å². The van der Waals surface area contributed by atoms with Crippen LogP contribution in [-0.4, -0.2) is 19.1 Å². The van der Waals surface area contributed by atoms with Crippen LogP contribution in [0.5, 0.6) is 5.75 Å². The second-order valence-electron chi connectivity index (χ2n) is 5.50. The molecule has 3 aromatic rings. The highest BCUT2D eigenvalue weighted by Crippen LogP contribution is 2.24. The highest BCUT2D eigenvalue weighted by atomic mass is 19.1. The standard InChI is InChI=1S/C21H18FNO2/c22-18-11-8-16(9-12-18)10-13-21(24)23-14-15-25-20-7-3-5-17-4-1-2-6-19(17)20/h1-13H,14-15H2,(H,23,24)/b13-10+. The Morgan fingerprint density at radius 2 is 1.76 bits per heavy atom. The molecular formula is C21H18FNO2. The van der Waals surface area contributed by atoms with Crippen LogP contribution in [0.25, 0.3) is 16.8 Å². The fourth-order valence-corrected chi connectivity index (χ4v) is 2.46. The van der Waals surface area contributed by atoms with Crippen LogP contribution in [0.2, 0.25) is 0 Å². The van der Waals surface area contributed by atoms with Crippen molar-refractivity contribution in [2.45, 2.75) is 0 Å². The maximum atomic E-state index is 12.8. The van der Waals surface area contributed by atoms with Crippen molar-refractivity contribution in [3.8, 4) is 5.75 Å². The molecule has 25 heavy (non-hydrogen) atoms. The molecule has 3 aromatic carbocycles. The van der Waals surface area contributed by atoms with E-state index in [0.717, 1.165) is 22.1 Å². The van der Waals surface area contributed by atoms with E-state index in [2.05, 4.69) is 5.32 Å². The van der Waals surface area contributed by atoms with E-state index in [0.29, 0.717) is 13.2 Å². The minimum absolute atomic E-state index is 0.217. The Morgan fingerprint density at radius 3 is 2.60 bits per heavy atom. The van der Waals surface area contributed by atoms with Crippen molar-refractivity contribution in [3.05, 3.63) is 84.2 Å². The molecule has 0 bridgehead atoms. The first-order valence-corrected chi connectivity index (χ1v) is 8.04. The van der Waals surface area contributed by atoms with E-state index in [4.69, 9.17) is 4.74 Å². The molecule has 1 amide bonds. The number of carbonyl (C=O) groups is 1. The Balaban J connectivity index is 1.48. The quantitative estimate of drug-likeness (QED) is 0.542. The van der Waals surface area contributed by atoms with Crippen LogP contribution >= 0.6 is 0 Å². The van der Waals surface area contributed by atoms with Crippen LogP contribution in [0.3, 0.4) is 0 Å². The third kappa shape index (κ3) is 4.67. The molecule has 0 aromatic heterocycles. The molecule has 0 aliphatic heterocycles. The largest absolute Gasteiger partial charge is 0.491 e. The molecule has 0 heterocycles. The smallest absolute Gasteiger partial charge is 0.244 e. The highest BCUT2D eigenvalue weighted by molar-refractivity contribution is 5.91. The van der Waals surface area contributed by atoms with Gasteiger partial charge in [0.05, 0.1) is 6.54 Å². The third-order valence-electron chi connectivity index (χ3n) is 3.71. The number of rotatable bonds is 6. The molecule has 0 fully saturated rings. The number of amides is 1. The molecule has 3 nitrogen and oxygen atoms in total. The molecule has 0 atom stereocenters. The fraction of sp³-hybridized carbons (Fsp3) is 0.0952. The monoisotopic (exact) mass is 335 g/mol. The Kier molecular flexibility index (Phi) is 5.42. The van der Waals surface area contributed by atoms with Crippen molar-refractivity contribution in [1.82, 2.24) is 5.32 Å². The highest BCUT2D eigenvalue weighted by Gasteiger charge is 2.01. The van der Waals surface area contributed by atoms with Crippen LogP contribution in [0.1, 0.15) is 5.56 Å². The van der Waals surface area contributed by atoms with Gasteiger partial charge >= 0.3 is 0 Å². The molecule has 1 N–H and O–H groups in total. The molecule has 0 unspecified atom stereocenters. The summed E-state index contributed by atoms with van der Waals surface area (Å²) in [5.41, 5.74) is 0.767. The van der Waals surface area contributed by atoms with Gasteiger partial charge in [-0.15, -0.1) is 0 Å². The summed E-state index contributed by atoms with van der Waals surface area (Å²) in [6.45, 7) is 0.778. The molecule has 4 heteroatoms. The van der Waals surface area contributed by atoms with Crippen LogP contribution in [0.4, 0.5) is 4.39 Å². The van der Waals surface area contributed by atoms with Gasteiger partial charge in [0, 0.05) is 11.5 Å². The van der Waals surface area contributed by atoms with Crippen LogP contribution in [0, 0.1) is 5.82 Å². The number of fused-ring (bicyclic) bond motifs is 1. The first-order valence-electron chi connectivity index (χ1n) is 8.04. The van der Waals surface area contributed by atoms with E-state index in [9.17, 15) is 9.18 Å². The van der Waals surface area contributed by atoms with E-state index in [1.807, 2.05) is 42.5 Å². The molecule has 3 rings (SSSR count). The molecule has 0 spiro atoms. The summed E-state index contributed by atoms with van der Waals surface area (Å²) in [5.74, 6) is 0.284. The molecular weight excluding hydrogens is 317 g/mol. The predicted molar refractivity (Wildman–Crippen MR) is 97.9 cm³/mol. The first-order chi connectivity index (χ1) is 12.2. The summed E-state index contributed by atoms with van der Waals surface area (Å²) in [7, 11) is 0. The molecule has 0 saturated carbocycles. The zero-order valence-electron chi connectivity index (χ0n) is 13.6. The van der Waals surface area contributed by atoms with E-state index in [-0.39, 0.29) is 11.7 Å². The van der Waals surface area contributed by atoms with Crippen LogP contribution < -0.4 is 10.1 Å². The first kappa shape index (κ1) is 16.7. The van der Waals surface area contributed by atoms with Crippen LogP contribution in [-0.2, 0) is 4.79 Å². The van der Waals surface area contributed by atoms with Gasteiger partial charge in [0.25, 0.3) is 0 Å². The number of ether oxygens (including phenoxy) is 1. The lowest BCUT2D eigenvalue weighted by Gasteiger charge is -2.09. The van der Waals surface area contributed by atoms with Crippen molar-refractivity contribution >= 4 is 22.8 Å². The number of benzene rings is 3. The van der Waals surface area contributed by atoms with Gasteiger partial charge in [-0.1, -0.05) is 48.5 Å². The van der Waals surface area contributed by atoms with Crippen molar-refractivity contribution in [2.75, 3.05) is 13.2 Å². The van der Waals surface area contributed by atoms with E-state index in [1.165, 1.54) is 18.2 Å². The Bertz CT molecular complexity index is 883. The van der Waals surface area contributed by atoms with Crippen molar-refractivity contribution < 1.29 is 13.9 Å². The number of hydrogen-bond donors (Lipinski definition) is 1. The summed E-state index contributed by atoms with van der Waals surface area (Å²) in [5, 5.41) is 4.92. The third-order valence-corrected chi connectivity index (χ3v) is 3.71. The predicted octanol–water partition coefficient (Wildman–Crippen LogP) is 4.19. The zero-order chi connectivity index (χ0) is 17.5. The summed E-state index contributed by atoms with van der Waals surface area (Å²) >= 11 is 0. The average molecular weight is 335 g/mol. The number of nitrogens with one attached hydrogen (secondary N) is 1. The maximum absolute atomic E-state index is 12.8.